The number of phosphoric acid groups is 2. The van der Waals surface area contributed by atoms with E-state index < -0.39 is 97.5 Å². The van der Waals surface area contributed by atoms with Crippen LogP contribution < -0.4 is 0 Å². The van der Waals surface area contributed by atoms with Gasteiger partial charge in [-0.15, -0.1) is 0 Å². The summed E-state index contributed by atoms with van der Waals surface area (Å²) in [5.41, 5.74) is 0. The molecule has 17 nitrogen and oxygen atoms in total. The molecule has 0 fully saturated rings. The molecule has 0 radical (unpaired) electrons. The molecule has 0 aliphatic carbocycles. The number of esters is 4. The third-order valence-electron chi connectivity index (χ3n) is 15.7. The molecule has 0 amide bonds. The number of hydrogen-bond acceptors (Lipinski definition) is 15. The maximum atomic E-state index is 13.1. The van der Waals surface area contributed by atoms with Gasteiger partial charge in [0, 0.05) is 25.7 Å². The van der Waals surface area contributed by atoms with Gasteiger partial charge in [0.05, 0.1) is 26.4 Å². The molecule has 3 N–H and O–H groups in total. The Morgan fingerprint density at radius 3 is 0.722 bits per heavy atom. The lowest BCUT2D eigenvalue weighted by Crippen LogP contribution is -2.30. The Morgan fingerprint density at radius 2 is 0.463 bits per heavy atom. The van der Waals surface area contributed by atoms with Crippen LogP contribution in [0, 0.1) is 0 Å². The Balaban J connectivity index is 5.54. The van der Waals surface area contributed by atoms with Crippen molar-refractivity contribution in [3.05, 3.63) is 207 Å². The average molecular weight is 1540 g/mol. The number of ether oxygens (including phenoxy) is 4. The fourth-order valence-corrected chi connectivity index (χ4v) is 11.3. The number of allylic oxidation sites excluding steroid dienone is 34. The third kappa shape index (κ3) is 77.8. The van der Waals surface area contributed by atoms with Crippen LogP contribution in [0.4, 0.5) is 0 Å². The summed E-state index contributed by atoms with van der Waals surface area (Å²) in [6, 6.07) is 0. The minimum Gasteiger partial charge on any atom is -0.462 e. The molecule has 0 aromatic heterocycles. The second-order valence-corrected chi connectivity index (χ2v) is 28.7. The molecule has 608 valence electrons. The number of phosphoric ester groups is 2. The van der Waals surface area contributed by atoms with Crippen molar-refractivity contribution in [2.75, 3.05) is 39.6 Å². The molecule has 5 unspecified atom stereocenters. The molecular weight excluding hydrogens is 1400 g/mol. The molecular formula is C89H140O17P2. The normalized spacial score (nSPS) is 14.9. The summed E-state index contributed by atoms with van der Waals surface area (Å²) >= 11 is 0. The predicted molar refractivity (Wildman–Crippen MR) is 445 cm³/mol. The first kappa shape index (κ1) is 102. The molecule has 5 atom stereocenters. The zero-order valence-electron chi connectivity index (χ0n) is 66.4. The molecule has 0 bridgehead atoms. The Morgan fingerprint density at radius 1 is 0.259 bits per heavy atom. The van der Waals surface area contributed by atoms with E-state index in [1.807, 2.05) is 24.3 Å². The second-order valence-electron chi connectivity index (χ2n) is 25.8. The van der Waals surface area contributed by atoms with Gasteiger partial charge in [0.25, 0.3) is 0 Å². The molecule has 0 aromatic carbocycles. The summed E-state index contributed by atoms with van der Waals surface area (Å²) in [6.45, 7) is 4.23. The number of aliphatic hydroxyl groups is 1. The van der Waals surface area contributed by atoms with Crippen LogP contribution in [0.5, 0.6) is 0 Å². The molecule has 0 rings (SSSR count). The Kier molecular flexibility index (Phi) is 74.1. The lowest BCUT2D eigenvalue weighted by atomic mass is 10.1. The van der Waals surface area contributed by atoms with Crippen molar-refractivity contribution in [2.45, 2.75) is 290 Å². The van der Waals surface area contributed by atoms with Gasteiger partial charge in [0.15, 0.2) is 12.2 Å². The Bertz CT molecular complexity index is 2860. The summed E-state index contributed by atoms with van der Waals surface area (Å²) in [7, 11) is -10.0. The van der Waals surface area contributed by atoms with Crippen LogP contribution in [-0.2, 0) is 65.4 Å². The van der Waals surface area contributed by atoms with Crippen LogP contribution in [0.15, 0.2) is 207 Å². The fourth-order valence-electron chi connectivity index (χ4n) is 9.77. The highest BCUT2D eigenvalue weighted by Crippen LogP contribution is 2.45. The van der Waals surface area contributed by atoms with Crippen molar-refractivity contribution in [1.82, 2.24) is 0 Å². The van der Waals surface area contributed by atoms with E-state index >= 15 is 0 Å². The number of aliphatic hydroxyl groups excluding tert-OH is 1. The van der Waals surface area contributed by atoms with E-state index in [-0.39, 0.29) is 25.7 Å². The molecule has 0 saturated heterocycles. The number of hydrogen-bond donors (Lipinski definition) is 3. The largest absolute Gasteiger partial charge is 0.472 e. The zero-order chi connectivity index (χ0) is 78.9. The van der Waals surface area contributed by atoms with Crippen molar-refractivity contribution in [2.24, 2.45) is 0 Å². The quantitative estimate of drug-likeness (QED) is 0.0169. The van der Waals surface area contributed by atoms with Crippen LogP contribution in [0.25, 0.3) is 0 Å². The molecule has 0 spiro atoms. The van der Waals surface area contributed by atoms with Gasteiger partial charge < -0.3 is 33.8 Å². The standard InChI is InChI=1S/C89H140O17P2/c1-5-9-13-17-21-25-29-33-37-41-45-49-53-57-61-65-69-73-86(91)99-79-84(105-88(93)75-71-67-63-59-55-51-47-43-39-35-31-27-23-19-15-11-7-3)81-103-107(95,96)101-77-83(90)78-102-108(97,98)104-82-85(106-89(94)76-72-68-64-60-56-52-48-44-40-36-32-28-24-20-16-12-8-4)80-100-87(92)74-70-66-62-58-54-50-46-42-38-34-30-26-22-18-14-10-6-2/h9-16,21-28,33-40,45-47,49-51,57-58,61-62,83-85,90H,5-8,17-20,29-32,41-44,48,52-56,59-60,63-82H2,1-4H3,(H,95,96)(H,97,98)/b13-9-,14-10-,15-11-,16-12-,25-21-,26-22-,27-23-,28-24-,37-33-,38-34-,39-35-,40-36-,49-45-,50-46-,51-47-,61-57-,62-58-. The van der Waals surface area contributed by atoms with Crippen LogP contribution in [0.3, 0.4) is 0 Å². The monoisotopic (exact) mass is 1540 g/mol. The van der Waals surface area contributed by atoms with Gasteiger partial charge in [-0.1, -0.05) is 279 Å². The summed E-state index contributed by atoms with van der Waals surface area (Å²) in [5.74, 6) is -2.37. The van der Waals surface area contributed by atoms with E-state index in [9.17, 15) is 43.2 Å². The van der Waals surface area contributed by atoms with Crippen LogP contribution in [-0.4, -0.2) is 96.7 Å². The van der Waals surface area contributed by atoms with Crippen LogP contribution >= 0.6 is 15.6 Å². The van der Waals surface area contributed by atoms with E-state index in [0.29, 0.717) is 38.5 Å². The van der Waals surface area contributed by atoms with Crippen molar-refractivity contribution in [3.63, 3.8) is 0 Å². The first-order valence-corrected chi connectivity index (χ1v) is 43.3. The van der Waals surface area contributed by atoms with Gasteiger partial charge in [-0.05, 0) is 173 Å². The van der Waals surface area contributed by atoms with Gasteiger partial charge in [0.2, 0.25) is 0 Å². The minimum atomic E-state index is -5.01. The van der Waals surface area contributed by atoms with Crippen LogP contribution in [0.1, 0.15) is 272 Å². The van der Waals surface area contributed by atoms with E-state index in [2.05, 4.69) is 210 Å². The highest BCUT2D eigenvalue weighted by atomic mass is 31.2. The summed E-state index contributed by atoms with van der Waals surface area (Å²) < 4.78 is 68.5. The van der Waals surface area contributed by atoms with E-state index in [1.165, 1.54) is 0 Å². The Labute approximate surface area is 652 Å². The van der Waals surface area contributed by atoms with Gasteiger partial charge in [-0.25, -0.2) is 9.13 Å². The molecule has 0 aliphatic rings. The smallest absolute Gasteiger partial charge is 0.462 e. The second kappa shape index (κ2) is 78.8. The van der Waals surface area contributed by atoms with Crippen molar-refractivity contribution >= 4 is 39.5 Å². The van der Waals surface area contributed by atoms with Crippen molar-refractivity contribution < 1.29 is 80.2 Å². The van der Waals surface area contributed by atoms with Gasteiger partial charge in [-0.2, -0.15) is 0 Å². The van der Waals surface area contributed by atoms with E-state index in [4.69, 9.17) is 37.0 Å². The maximum absolute atomic E-state index is 13.1. The topological polar surface area (TPSA) is 237 Å². The van der Waals surface area contributed by atoms with Gasteiger partial charge in [-0.3, -0.25) is 37.3 Å². The van der Waals surface area contributed by atoms with E-state index in [1.54, 1.807) is 0 Å². The average Bonchev–Trinajstić information content (AvgIpc) is 0.880. The number of rotatable bonds is 73. The first-order chi connectivity index (χ1) is 52.7. The van der Waals surface area contributed by atoms with E-state index in [0.717, 1.165) is 180 Å². The van der Waals surface area contributed by atoms with Gasteiger partial charge >= 0.3 is 39.5 Å². The molecule has 0 heterocycles. The number of carbonyl (C=O) groups excluding carboxylic acids is 4. The lowest BCUT2D eigenvalue weighted by molar-refractivity contribution is -0.161. The number of unbranched alkanes of at least 4 members (excludes halogenated alkanes) is 13. The molecule has 108 heavy (non-hydrogen) atoms. The van der Waals surface area contributed by atoms with Crippen LogP contribution in [0.2, 0.25) is 0 Å². The van der Waals surface area contributed by atoms with Gasteiger partial charge in [0.1, 0.15) is 19.3 Å². The summed E-state index contributed by atoms with van der Waals surface area (Å²) in [6.07, 6.45) is 98.1. The Hall–Kier alpha value is -6.36. The summed E-state index contributed by atoms with van der Waals surface area (Å²) in [4.78, 5) is 73.1. The first-order valence-electron chi connectivity index (χ1n) is 40.3. The third-order valence-corrected chi connectivity index (χ3v) is 17.6. The number of carbonyl (C=O) groups is 4. The molecule has 19 heteroatoms. The summed E-state index contributed by atoms with van der Waals surface area (Å²) in [5, 5.41) is 10.7. The molecule has 0 saturated carbocycles. The highest BCUT2D eigenvalue weighted by Gasteiger charge is 2.30. The minimum absolute atomic E-state index is 0.0445. The molecule has 0 aromatic rings. The molecule has 0 aliphatic heterocycles. The SMILES string of the molecule is CC/C=C\C/C=C\C/C=C\C/C=C\C/C=C\CCCC(=O)OCC(COP(=O)(O)OCC(O)COP(=O)(O)OCC(COC(=O)CCC/C=C\C/C=C\C/C=C\C/C=C\C/C=C\CC)OC(=O)CCCCCCCCC/C=C\C/C=C\C/C=C\CC)OC(=O)CCCCCC/C=C\C/C=C\C/C=C\C/C=C\CC. The predicted octanol–water partition coefficient (Wildman–Crippen LogP) is 23.9. The van der Waals surface area contributed by atoms with Crippen molar-refractivity contribution in [1.29, 1.82) is 0 Å². The maximum Gasteiger partial charge on any atom is 0.472 e. The zero-order valence-corrected chi connectivity index (χ0v) is 68.2. The highest BCUT2D eigenvalue weighted by molar-refractivity contribution is 7.47. The lowest BCUT2D eigenvalue weighted by Gasteiger charge is -2.21. The fraction of sp³-hybridized carbons (Fsp3) is 0.573. The van der Waals surface area contributed by atoms with Crippen molar-refractivity contribution in [3.8, 4) is 0 Å².